The molecule has 0 spiro atoms. The SMILES string of the molecule is O=C(NC1CCS(=O)CC1)c1ccc(F)c(C(F)(F)F)c1. The molecule has 1 heterocycles. The second-order valence-corrected chi connectivity index (χ2v) is 6.48. The van der Waals surface area contributed by atoms with Crippen molar-refractivity contribution < 1.29 is 26.6 Å². The molecule has 1 aliphatic rings. The number of alkyl halides is 3. The Bertz CT molecular complexity index is 564. The molecule has 0 aliphatic carbocycles. The van der Waals surface area contributed by atoms with Crippen LogP contribution in [0, 0.1) is 5.82 Å². The maximum Gasteiger partial charge on any atom is 0.419 e. The van der Waals surface area contributed by atoms with Crippen molar-refractivity contribution in [1.29, 1.82) is 0 Å². The quantitative estimate of drug-likeness (QED) is 0.850. The highest BCUT2D eigenvalue weighted by Crippen LogP contribution is 2.31. The van der Waals surface area contributed by atoms with Gasteiger partial charge in [-0.3, -0.25) is 9.00 Å². The number of hydrogen-bond acceptors (Lipinski definition) is 2. The summed E-state index contributed by atoms with van der Waals surface area (Å²) < 4.78 is 62.1. The summed E-state index contributed by atoms with van der Waals surface area (Å²) in [5.74, 6) is -1.17. The van der Waals surface area contributed by atoms with Gasteiger partial charge in [-0.1, -0.05) is 0 Å². The molecule has 3 nitrogen and oxygen atoms in total. The lowest BCUT2D eigenvalue weighted by atomic mass is 10.1. The van der Waals surface area contributed by atoms with E-state index in [0.29, 0.717) is 36.5 Å². The van der Waals surface area contributed by atoms with Gasteiger partial charge in [0.15, 0.2) is 0 Å². The van der Waals surface area contributed by atoms with Gasteiger partial charge in [0.25, 0.3) is 5.91 Å². The lowest BCUT2D eigenvalue weighted by molar-refractivity contribution is -0.140. The largest absolute Gasteiger partial charge is 0.419 e. The minimum atomic E-state index is -4.85. The zero-order valence-electron chi connectivity index (χ0n) is 10.9. The van der Waals surface area contributed by atoms with Gasteiger partial charge >= 0.3 is 6.18 Å². The molecule has 1 aromatic carbocycles. The molecule has 116 valence electrons. The van der Waals surface area contributed by atoms with Crippen molar-refractivity contribution in [2.75, 3.05) is 11.5 Å². The van der Waals surface area contributed by atoms with Crippen LogP contribution < -0.4 is 5.32 Å². The Hall–Kier alpha value is -1.44. The molecule has 0 bridgehead atoms. The first-order valence-corrected chi connectivity index (χ1v) is 7.79. The Labute approximate surface area is 121 Å². The molecule has 0 unspecified atom stereocenters. The summed E-state index contributed by atoms with van der Waals surface area (Å²) in [5.41, 5.74) is -1.70. The van der Waals surface area contributed by atoms with Crippen LogP contribution in [0.4, 0.5) is 17.6 Å². The van der Waals surface area contributed by atoms with Crippen LogP contribution in [-0.4, -0.2) is 27.7 Å². The summed E-state index contributed by atoms with van der Waals surface area (Å²) in [5, 5.41) is 2.59. The van der Waals surface area contributed by atoms with E-state index in [-0.39, 0.29) is 11.6 Å². The highest BCUT2D eigenvalue weighted by molar-refractivity contribution is 7.85. The molecule has 1 aliphatic heterocycles. The van der Waals surface area contributed by atoms with E-state index in [1.54, 1.807) is 0 Å². The van der Waals surface area contributed by atoms with Crippen molar-refractivity contribution in [2.45, 2.75) is 25.1 Å². The fourth-order valence-corrected chi connectivity index (χ4v) is 3.39. The molecule has 8 heteroatoms. The van der Waals surface area contributed by atoms with Crippen LogP contribution in [0.3, 0.4) is 0 Å². The number of hydrogen-bond donors (Lipinski definition) is 1. The molecular formula is C13H13F4NO2S. The monoisotopic (exact) mass is 323 g/mol. The summed E-state index contributed by atoms with van der Waals surface area (Å²) in [4.78, 5) is 11.9. The number of halogens is 4. The Morgan fingerprint density at radius 3 is 2.43 bits per heavy atom. The van der Waals surface area contributed by atoms with E-state index in [2.05, 4.69) is 5.32 Å². The van der Waals surface area contributed by atoms with Crippen molar-refractivity contribution in [1.82, 2.24) is 5.32 Å². The topological polar surface area (TPSA) is 46.2 Å². The van der Waals surface area contributed by atoms with E-state index in [0.717, 1.165) is 6.07 Å². The third kappa shape index (κ3) is 4.03. The van der Waals surface area contributed by atoms with Gasteiger partial charge in [-0.05, 0) is 31.0 Å². The molecule has 2 rings (SSSR count). The predicted octanol–water partition coefficient (Wildman–Crippen LogP) is 2.49. The zero-order valence-corrected chi connectivity index (χ0v) is 11.7. The molecule has 1 N–H and O–H groups in total. The normalized spacial score (nSPS) is 22.9. The van der Waals surface area contributed by atoms with Crippen molar-refractivity contribution in [2.24, 2.45) is 0 Å². The second kappa shape index (κ2) is 6.13. The van der Waals surface area contributed by atoms with Crippen LogP contribution in [0.15, 0.2) is 18.2 Å². The van der Waals surface area contributed by atoms with Gasteiger partial charge < -0.3 is 5.32 Å². The minimum absolute atomic E-state index is 0.213. The van der Waals surface area contributed by atoms with Crippen LogP contribution in [0.25, 0.3) is 0 Å². The maximum atomic E-state index is 13.1. The van der Waals surface area contributed by atoms with Crippen LogP contribution in [0.2, 0.25) is 0 Å². The van der Waals surface area contributed by atoms with Gasteiger partial charge in [0, 0.05) is 33.9 Å². The van der Waals surface area contributed by atoms with Gasteiger partial charge in [-0.25, -0.2) is 4.39 Å². The molecule has 21 heavy (non-hydrogen) atoms. The van der Waals surface area contributed by atoms with Crippen molar-refractivity contribution in [3.63, 3.8) is 0 Å². The van der Waals surface area contributed by atoms with E-state index >= 15 is 0 Å². The number of carbonyl (C=O) groups excluding carboxylic acids is 1. The second-order valence-electron chi connectivity index (χ2n) is 4.79. The van der Waals surface area contributed by atoms with E-state index in [1.165, 1.54) is 0 Å². The number of benzene rings is 1. The first-order chi connectivity index (χ1) is 9.77. The molecule has 0 radical (unpaired) electrons. The molecular weight excluding hydrogens is 310 g/mol. The fraction of sp³-hybridized carbons (Fsp3) is 0.462. The van der Waals surface area contributed by atoms with Crippen molar-refractivity contribution in [3.05, 3.63) is 35.1 Å². The molecule has 0 aromatic heterocycles. The minimum Gasteiger partial charge on any atom is -0.349 e. The van der Waals surface area contributed by atoms with Crippen molar-refractivity contribution >= 4 is 16.7 Å². The third-order valence-electron chi connectivity index (χ3n) is 3.26. The van der Waals surface area contributed by atoms with Crippen molar-refractivity contribution in [3.8, 4) is 0 Å². The van der Waals surface area contributed by atoms with E-state index in [9.17, 15) is 26.6 Å². The van der Waals surface area contributed by atoms with Crippen LogP contribution in [0.1, 0.15) is 28.8 Å². The van der Waals surface area contributed by atoms with Crippen LogP contribution >= 0.6 is 0 Å². The first-order valence-electron chi connectivity index (χ1n) is 6.30. The predicted molar refractivity (Wildman–Crippen MR) is 69.8 cm³/mol. The summed E-state index contributed by atoms with van der Waals surface area (Å²) in [6.07, 6.45) is -3.81. The number of nitrogens with one attached hydrogen (secondary N) is 1. The smallest absolute Gasteiger partial charge is 0.349 e. The Morgan fingerprint density at radius 1 is 1.24 bits per heavy atom. The average molecular weight is 323 g/mol. The number of carbonyl (C=O) groups is 1. The molecule has 1 amide bonds. The van der Waals surface area contributed by atoms with E-state index in [1.807, 2.05) is 0 Å². The Kier molecular flexibility index (Phi) is 4.65. The van der Waals surface area contributed by atoms with E-state index < -0.39 is 34.3 Å². The van der Waals surface area contributed by atoms with Gasteiger partial charge in [-0.2, -0.15) is 13.2 Å². The molecule has 0 atom stereocenters. The summed E-state index contributed by atoms with van der Waals surface area (Å²) in [6.45, 7) is 0. The zero-order chi connectivity index (χ0) is 15.6. The first kappa shape index (κ1) is 15.9. The average Bonchev–Trinajstić information content (AvgIpc) is 2.40. The highest BCUT2D eigenvalue weighted by atomic mass is 32.2. The lowest BCUT2D eigenvalue weighted by Gasteiger charge is -2.22. The summed E-state index contributed by atoms with van der Waals surface area (Å²) >= 11 is 0. The molecule has 0 saturated carbocycles. The van der Waals surface area contributed by atoms with Gasteiger partial charge in [0.05, 0.1) is 5.56 Å². The fourth-order valence-electron chi connectivity index (χ4n) is 2.09. The lowest BCUT2D eigenvalue weighted by Crippen LogP contribution is -2.39. The maximum absolute atomic E-state index is 13.1. The van der Waals surface area contributed by atoms with Crippen LogP contribution in [-0.2, 0) is 17.0 Å². The van der Waals surface area contributed by atoms with Gasteiger partial charge in [-0.15, -0.1) is 0 Å². The van der Waals surface area contributed by atoms with Gasteiger partial charge in [0.1, 0.15) is 5.82 Å². The summed E-state index contributed by atoms with van der Waals surface area (Å²) in [7, 11) is -0.888. The van der Waals surface area contributed by atoms with Crippen LogP contribution in [0.5, 0.6) is 0 Å². The molecule has 1 fully saturated rings. The third-order valence-corrected chi connectivity index (χ3v) is 4.64. The Balaban J connectivity index is 2.11. The molecule has 1 aromatic rings. The summed E-state index contributed by atoms with van der Waals surface area (Å²) in [6, 6.07) is 1.94. The Morgan fingerprint density at radius 2 is 1.86 bits per heavy atom. The standard InChI is InChI=1S/C13H13F4NO2S/c14-11-2-1-8(7-10(11)13(15,16)17)12(19)18-9-3-5-21(20)6-4-9/h1-2,7,9H,3-6H2,(H,18,19). The number of amides is 1. The van der Waals surface area contributed by atoms with Gasteiger partial charge in [0.2, 0.25) is 0 Å². The highest BCUT2D eigenvalue weighted by Gasteiger charge is 2.34. The molecule has 1 saturated heterocycles. The van der Waals surface area contributed by atoms with E-state index in [4.69, 9.17) is 0 Å². The number of rotatable bonds is 2.